The van der Waals surface area contributed by atoms with Crippen molar-refractivity contribution >= 4 is 29.0 Å². The Morgan fingerprint density at radius 3 is 2.59 bits per heavy atom. The third-order valence-corrected chi connectivity index (χ3v) is 7.92. The third kappa shape index (κ3) is 5.91. The summed E-state index contributed by atoms with van der Waals surface area (Å²) in [6, 6.07) is 7.63. The van der Waals surface area contributed by atoms with Crippen LogP contribution in [-0.2, 0) is 13.2 Å². The summed E-state index contributed by atoms with van der Waals surface area (Å²) < 4.78 is 19.6. The van der Waals surface area contributed by atoms with E-state index in [1.54, 1.807) is 24.4 Å². The molecule has 0 radical (unpaired) electrons. The molecule has 2 saturated heterocycles. The fraction of sp³-hybridized carbons (Fsp3) is 0.500. The predicted octanol–water partition coefficient (Wildman–Crippen LogP) is 4.64. The van der Waals surface area contributed by atoms with E-state index in [4.69, 9.17) is 32.7 Å². The van der Waals surface area contributed by atoms with Gasteiger partial charge < -0.3 is 14.4 Å². The molecule has 2 aliphatic rings. The lowest BCUT2D eigenvalue weighted by Gasteiger charge is -2.47. The maximum absolute atomic E-state index is 14.2. The second-order valence-electron chi connectivity index (χ2n) is 9.68. The summed E-state index contributed by atoms with van der Waals surface area (Å²) >= 11 is 12.5. The largest absolute Gasteiger partial charge is 0.418 e. The average Bonchev–Trinajstić information content (AvgIpc) is 3.40. The standard InChI is InChI=1S/C26H31Cl2FN6O2/c1-2-20-15-34(25-22(28)11-18(13-30-25)26-32-31-24(16-36)37-26)9-10-35(20)21-5-7-33(8-6-21)14-17-3-4-19(27)12-23(17)29/h3-4,11-13,20-21,36H,2,5-10,14-16H2,1H3/t20-/m0/s1. The Kier molecular flexibility index (Phi) is 8.26. The normalized spacial score (nSPS) is 20.0. The highest BCUT2D eigenvalue weighted by atomic mass is 35.5. The van der Waals surface area contributed by atoms with Crippen molar-refractivity contribution in [2.45, 2.75) is 51.4 Å². The minimum Gasteiger partial charge on any atom is -0.418 e. The second kappa shape index (κ2) is 11.6. The number of benzene rings is 1. The van der Waals surface area contributed by atoms with E-state index in [2.05, 4.69) is 36.8 Å². The van der Waals surface area contributed by atoms with Gasteiger partial charge in [-0.25, -0.2) is 9.37 Å². The summed E-state index contributed by atoms with van der Waals surface area (Å²) in [4.78, 5) is 11.9. The number of aromatic nitrogens is 3. The summed E-state index contributed by atoms with van der Waals surface area (Å²) in [5.74, 6) is 0.959. The molecule has 37 heavy (non-hydrogen) atoms. The first kappa shape index (κ1) is 26.3. The van der Waals surface area contributed by atoms with E-state index in [1.165, 1.54) is 6.07 Å². The van der Waals surface area contributed by atoms with Crippen molar-refractivity contribution in [2.75, 3.05) is 37.6 Å². The number of rotatable bonds is 7. The van der Waals surface area contributed by atoms with Crippen molar-refractivity contribution in [3.63, 3.8) is 0 Å². The second-order valence-corrected chi connectivity index (χ2v) is 10.5. The van der Waals surface area contributed by atoms with Gasteiger partial charge in [-0.15, -0.1) is 10.2 Å². The Morgan fingerprint density at radius 1 is 1.11 bits per heavy atom. The number of hydrogen-bond donors (Lipinski definition) is 1. The van der Waals surface area contributed by atoms with E-state index in [-0.39, 0.29) is 24.2 Å². The number of hydrogen-bond acceptors (Lipinski definition) is 8. The lowest BCUT2D eigenvalue weighted by molar-refractivity contribution is 0.0607. The molecular formula is C26H31Cl2FN6O2. The van der Waals surface area contributed by atoms with E-state index in [0.29, 0.717) is 39.8 Å². The Hall–Kier alpha value is -2.30. The van der Waals surface area contributed by atoms with Crippen molar-refractivity contribution in [1.82, 2.24) is 25.0 Å². The van der Waals surface area contributed by atoms with Gasteiger partial charge in [-0.05, 0) is 50.6 Å². The van der Waals surface area contributed by atoms with Crippen molar-refractivity contribution in [1.29, 1.82) is 0 Å². The zero-order chi connectivity index (χ0) is 25.9. The van der Waals surface area contributed by atoms with Crippen LogP contribution in [0.3, 0.4) is 0 Å². The van der Waals surface area contributed by atoms with Gasteiger partial charge in [0.2, 0.25) is 11.8 Å². The van der Waals surface area contributed by atoms with Crippen LogP contribution in [0.1, 0.15) is 37.6 Å². The Labute approximate surface area is 226 Å². The van der Waals surface area contributed by atoms with Gasteiger partial charge in [0.05, 0.1) is 10.6 Å². The van der Waals surface area contributed by atoms with Gasteiger partial charge in [-0.3, -0.25) is 9.80 Å². The molecule has 1 atom stereocenters. The average molecular weight is 549 g/mol. The van der Waals surface area contributed by atoms with E-state index in [9.17, 15) is 4.39 Å². The van der Waals surface area contributed by atoms with Gasteiger partial charge in [0, 0.05) is 55.0 Å². The topological polar surface area (TPSA) is 81.8 Å². The van der Waals surface area contributed by atoms with Crippen LogP contribution in [0, 0.1) is 5.82 Å². The Bertz CT molecular complexity index is 1220. The van der Waals surface area contributed by atoms with Crippen LogP contribution in [0.25, 0.3) is 11.5 Å². The molecule has 2 aromatic heterocycles. The smallest absolute Gasteiger partial charge is 0.249 e. The summed E-state index contributed by atoms with van der Waals surface area (Å²) in [7, 11) is 0. The molecule has 2 fully saturated rings. The van der Waals surface area contributed by atoms with Gasteiger partial charge in [0.15, 0.2) is 0 Å². The number of nitrogens with zero attached hydrogens (tertiary/aromatic N) is 6. The highest BCUT2D eigenvalue weighted by Gasteiger charge is 2.34. The number of anilines is 1. The molecule has 0 bridgehead atoms. The molecular weight excluding hydrogens is 518 g/mol. The van der Waals surface area contributed by atoms with Crippen LogP contribution in [0.4, 0.5) is 10.2 Å². The van der Waals surface area contributed by atoms with Crippen LogP contribution in [0.15, 0.2) is 34.9 Å². The van der Waals surface area contributed by atoms with Crippen LogP contribution >= 0.6 is 23.2 Å². The zero-order valence-electron chi connectivity index (χ0n) is 20.8. The molecule has 1 aromatic carbocycles. The molecule has 0 aliphatic carbocycles. The van der Waals surface area contributed by atoms with E-state index in [0.717, 1.165) is 57.8 Å². The molecule has 0 spiro atoms. The molecule has 0 amide bonds. The van der Waals surface area contributed by atoms with Crippen molar-refractivity contribution in [2.24, 2.45) is 0 Å². The minimum atomic E-state index is -0.311. The molecule has 0 unspecified atom stereocenters. The summed E-state index contributed by atoms with van der Waals surface area (Å²) in [5.41, 5.74) is 1.32. The van der Waals surface area contributed by atoms with Gasteiger partial charge in [0.25, 0.3) is 0 Å². The van der Waals surface area contributed by atoms with Crippen molar-refractivity contribution in [3.8, 4) is 11.5 Å². The molecule has 8 nitrogen and oxygen atoms in total. The SMILES string of the molecule is CC[C@H]1CN(c2ncc(-c3nnc(CO)o3)cc2Cl)CCN1C1CCN(Cc2ccc(Cl)cc2F)CC1. The summed E-state index contributed by atoms with van der Waals surface area (Å²) in [6.45, 7) is 7.07. The number of aliphatic hydroxyl groups is 1. The number of piperazine rings is 1. The quantitative estimate of drug-likeness (QED) is 0.457. The number of halogens is 3. The van der Waals surface area contributed by atoms with Crippen molar-refractivity contribution < 1.29 is 13.9 Å². The monoisotopic (exact) mass is 548 g/mol. The number of piperidine rings is 1. The maximum Gasteiger partial charge on any atom is 0.249 e. The lowest BCUT2D eigenvalue weighted by Crippen LogP contribution is -2.58. The highest BCUT2D eigenvalue weighted by molar-refractivity contribution is 6.33. The van der Waals surface area contributed by atoms with Gasteiger partial charge in [0.1, 0.15) is 18.2 Å². The lowest BCUT2D eigenvalue weighted by atomic mass is 9.97. The fourth-order valence-electron chi connectivity index (χ4n) is 5.42. The third-order valence-electron chi connectivity index (χ3n) is 7.41. The van der Waals surface area contributed by atoms with Gasteiger partial charge >= 0.3 is 0 Å². The first-order valence-corrected chi connectivity index (χ1v) is 13.5. The summed E-state index contributed by atoms with van der Waals surface area (Å²) in [5, 5.41) is 17.8. The predicted molar refractivity (Wildman–Crippen MR) is 141 cm³/mol. The fourth-order valence-corrected chi connectivity index (χ4v) is 5.87. The zero-order valence-corrected chi connectivity index (χ0v) is 22.3. The molecule has 5 rings (SSSR count). The first-order valence-electron chi connectivity index (χ1n) is 12.7. The highest BCUT2D eigenvalue weighted by Crippen LogP contribution is 2.32. The minimum absolute atomic E-state index is 0.153. The number of aliphatic hydroxyl groups excluding tert-OH is 1. The molecule has 3 aromatic rings. The molecule has 0 saturated carbocycles. The Balaban J connectivity index is 1.19. The van der Waals surface area contributed by atoms with Crippen LogP contribution in [0.2, 0.25) is 10.0 Å². The Morgan fingerprint density at radius 2 is 1.92 bits per heavy atom. The van der Waals surface area contributed by atoms with E-state index >= 15 is 0 Å². The van der Waals surface area contributed by atoms with Crippen LogP contribution < -0.4 is 4.90 Å². The molecule has 2 aliphatic heterocycles. The molecule has 4 heterocycles. The van der Waals surface area contributed by atoms with E-state index < -0.39 is 0 Å². The molecule has 1 N–H and O–H groups in total. The number of pyridine rings is 1. The van der Waals surface area contributed by atoms with Crippen LogP contribution in [0.5, 0.6) is 0 Å². The maximum atomic E-state index is 14.2. The van der Waals surface area contributed by atoms with E-state index in [1.807, 2.05) is 0 Å². The van der Waals surface area contributed by atoms with Gasteiger partial charge in [-0.1, -0.05) is 36.2 Å². The van der Waals surface area contributed by atoms with Crippen LogP contribution in [-0.4, -0.2) is 74.9 Å². The molecule has 11 heteroatoms. The molecule has 198 valence electrons. The number of likely N-dealkylation sites (tertiary alicyclic amines) is 1. The summed E-state index contributed by atoms with van der Waals surface area (Å²) in [6.07, 6.45) is 4.86. The van der Waals surface area contributed by atoms with Crippen molar-refractivity contribution in [3.05, 3.63) is 57.8 Å². The van der Waals surface area contributed by atoms with Gasteiger partial charge in [-0.2, -0.15) is 0 Å². The first-order chi connectivity index (χ1) is 17.9.